The van der Waals surface area contributed by atoms with Crippen LogP contribution in [0.3, 0.4) is 0 Å². The fourth-order valence-electron chi connectivity index (χ4n) is 1.08. The van der Waals surface area contributed by atoms with Gasteiger partial charge in [0.15, 0.2) is 11.1 Å². The van der Waals surface area contributed by atoms with Crippen LogP contribution in [-0.2, 0) is 9.98 Å². The first-order chi connectivity index (χ1) is 7.95. The fraction of sp³-hybridized carbons (Fsp3) is 0.714. The molecule has 0 fully saturated rings. The van der Waals surface area contributed by atoms with Gasteiger partial charge in [0.2, 0.25) is 0 Å². The molecule has 0 heterocycles. The standard InChI is InChI=1S/C7H10N6O4/c1-6(4-8,10-12-16-14)3-7(2,5-9)11-13-17-15/h14-15H,3H2,1-2H3. The van der Waals surface area contributed by atoms with E-state index >= 15 is 0 Å². The molecule has 2 N–H and O–H groups in total. The maximum absolute atomic E-state index is 8.89. The van der Waals surface area contributed by atoms with Crippen LogP contribution in [0.15, 0.2) is 20.8 Å². The van der Waals surface area contributed by atoms with E-state index in [1.807, 2.05) is 0 Å². The Balaban J connectivity index is 4.99. The molecular formula is C7H10N6O4. The zero-order valence-electron chi connectivity index (χ0n) is 9.10. The molecule has 0 aromatic carbocycles. The number of hydrogen-bond donors (Lipinski definition) is 2. The molecule has 0 spiro atoms. The normalized spacial score (nSPS) is 18.0. The molecule has 17 heavy (non-hydrogen) atoms. The predicted molar refractivity (Wildman–Crippen MR) is 49.8 cm³/mol. The van der Waals surface area contributed by atoms with E-state index in [-0.39, 0.29) is 6.42 Å². The third-order valence-corrected chi connectivity index (χ3v) is 1.77. The molecule has 10 heteroatoms. The van der Waals surface area contributed by atoms with E-state index in [1.165, 1.54) is 13.8 Å². The van der Waals surface area contributed by atoms with Gasteiger partial charge in [-0.25, -0.2) is 9.98 Å². The van der Waals surface area contributed by atoms with E-state index in [2.05, 4.69) is 30.8 Å². The van der Waals surface area contributed by atoms with Crippen LogP contribution in [0.1, 0.15) is 20.3 Å². The lowest BCUT2D eigenvalue weighted by atomic mass is 9.87. The molecule has 2 atom stereocenters. The van der Waals surface area contributed by atoms with Gasteiger partial charge in [0, 0.05) is 6.42 Å². The van der Waals surface area contributed by atoms with Crippen molar-refractivity contribution in [2.45, 2.75) is 31.3 Å². The van der Waals surface area contributed by atoms with Crippen LogP contribution in [0, 0.1) is 22.7 Å². The molecular weight excluding hydrogens is 232 g/mol. The van der Waals surface area contributed by atoms with Gasteiger partial charge in [-0.3, -0.25) is 0 Å². The maximum Gasteiger partial charge on any atom is 0.171 e. The summed E-state index contributed by atoms with van der Waals surface area (Å²) in [5, 5.41) is 46.1. The van der Waals surface area contributed by atoms with Crippen LogP contribution in [0.4, 0.5) is 0 Å². The SMILES string of the molecule is CC(C#N)(CC(C)(C#N)N=NOO)N=NOO. The van der Waals surface area contributed by atoms with E-state index < -0.39 is 11.1 Å². The monoisotopic (exact) mass is 242 g/mol. The first-order valence-corrected chi connectivity index (χ1v) is 4.23. The largest absolute Gasteiger partial charge is 0.203 e. The van der Waals surface area contributed by atoms with Gasteiger partial charge in [-0.05, 0) is 13.8 Å². The lowest BCUT2D eigenvalue weighted by Crippen LogP contribution is -2.32. The molecule has 0 aliphatic heterocycles. The van der Waals surface area contributed by atoms with Gasteiger partial charge in [-0.15, -0.1) is 10.2 Å². The van der Waals surface area contributed by atoms with E-state index in [4.69, 9.17) is 21.0 Å². The van der Waals surface area contributed by atoms with Crippen molar-refractivity contribution in [3.8, 4) is 12.1 Å². The third-order valence-electron chi connectivity index (χ3n) is 1.77. The minimum Gasteiger partial charge on any atom is -0.203 e. The average molecular weight is 242 g/mol. The van der Waals surface area contributed by atoms with Crippen LogP contribution in [0.2, 0.25) is 0 Å². The molecule has 0 aliphatic carbocycles. The highest BCUT2D eigenvalue weighted by Crippen LogP contribution is 2.27. The highest BCUT2D eigenvalue weighted by Gasteiger charge is 2.37. The Hall–Kier alpha value is -2.30. The van der Waals surface area contributed by atoms with Crippen molar-refractivity contribution in [2.75, 3.05) is 0 Å². The van der Waals surface area contributed by atoms with Gasteiger partial charge in [0.25, 0.3) is 0 Å². The Kier molecular flexibility index (Phi) is 5.46. The molecule has 0 rings (SSSR count). The number of nitrogens with zero attached hydrogens (tertiary/aromatic N) is 6. The van der Waals surface area contributed by atoms with Crippen LogP contribution in [0.5, 0.6) is 0 Å². The Labute approximate surface area is 96.2 Å². The Morgan fingerprint density at radius 3 is 1.59 bits per heavy atom. The number of rotatable bonds is 6. The zero-order valence-corrected chi connectivity index (χ0v) is 9.10. The first kappa shape index (κ1) is 14.7. The maximum atomic E-state index is 8.89. The second-order valence-electron chi connectivity index (χ2n) is 3.47. The molecule has 10 nitrogen and oxygen atoms in total. The van der Waals surface area contributed by atoms with Crippen molar-refractivity contribution in [3.63, 3.8) is 0 Å². The summed E-state index contributed by atoms with van der Waals surface area (Å²) in [5.74, 6) is 0. The third kappa shape index (κ3) is 4.83. The highest BCUT2D eigenvalue weighted by molar-refractivity contribution is 5.14. The number of hydrogen-bond acceptors (Lipinski definition) is 10. The summed E-state index contributed by atoms with van der Waals surface area (Å²) in [4.78, 5) is 6.75. The average Bonchev–Trinajstić information content (AvgIpc) is 2.34. The molecule has 0 saturated carbocycles. The summed E-state index contributed by atoms with van der Waals surface area (Å²) < 4.78 is 0. The summed E-state index contributed by atoms with van der Waals surface area (Å²) in [5.41, 5.74) is -2.91. The molecule has 0 aliphatic rings. The quantitative estimate of drug-likeness (QED) is 0.409. The van der Waals surface area contributed by atoms with Crippen molar-refractivity contribution >= 4 is 0 Å². The Morgan fingerprint density at radius 1 is 1.00 bits per heavy atom. The van der Waals surface area contributed by atoms with Crippen molar-refractivity contribution in [2.24, 2.45) is 20.8 Å². The van der Waals surface area contributed by atoms with Gasteiger partial charge in [0.1, 0.15) is 0 Å². The fourth-order valence-corrected chi connectivity index (χ4v) is 1.08. The molecule has 2 unspecified atom stereocenters. The van der Waals surface area contributed by atoms with Gasteiger partial charge >= 0.3 is 0 Å². The molecule has 92 valence electrons. The summed E-state index contributed by atoms with van der Waals surface area (Å²) in [7, 11) is 0. The summed E-state index contributed by atoms with van der Waals surface area (Å²) >= 11 is 0. The van der Waals surface area contributed by atoms with Crippen LogP contribution < -0.4 is 0 Å². The Morgan fingerprint density at radius 2 is 1.35 bits per heavy atom. The lowest BCUT2D eigenvalue weighted by Gasteiger charge is -2.21. The number of nitriles is 2. The van der Waals surface area contributed by atoms with Gasteiger partial charge in [0.05, 0.1) is 22.7 Å². The van der Waals surface area contributed by atoms with E-state index in [0.717, 1.165) is 0 Å². The van der Waals surface area contributed by atoms with Gasteiger partial charge < -0.3 is 0 Å². The van der Waals surface area contributed by atoms with Crippen LogP contribution in [0.25, 0.3) is 0 Å². The smallest absolute Gasteiger partial charge is 0.171 e. The van der Waals surface area contributed by atoms with Crippen molar-refractivity contribution in [1.82, 2.24) is 0 Å². The molecule has 0 aromatic rings. The zero-order chi connectivity index (χ0) is 13.4. The molecule has 0 saturated heterocycles. The minimum absolute atomic E-state index is 0.202. The lowest BCUT2D eigenvalue weighted by molar-refractivity contribution is -0.253. The van der Waals surface area contributed by atoms with Crippen molar-refractivity contribution in [1.29, 1.82) is 10.5 Å². The van der Waals surface area contributed by atoms with Gasteiger partial charge in [-0.1, -0.05) is 0 Å². The molecule has 0 aromatic heterocycles. The minimum atomic E-state index is -1.46. The second-order valence-corrected chi connectivity index (χ2v) is 3.47. The highest BCUT2D eigenvalue weighted by atomic mass is 17.2. The topological polar surface area (TPSA) is 156 Å². The van der Waals surface area contributed by atoms with Crippen LogP contribution >= 0.6 is 0 Å². The Bertz CT molecular complexity index is 349. The summed E-state index contributed by atoms with van der Waals surface area (Å²) in [6, 6.07) is 3.54. The molecule has 0 bridgehead atoms. The van der Waals surface area contributed by atoms with E-state index in [9.17, 15) is 0 Å². The van der Waals surface area contributed by atoms with E-state index in [1.54, 1.807) is 12.1 Å². The van der Waals surface area contributed by atoms with Crippen LogP contribution in [-0.4, -0.2) is 21.6 Å². The van der Waals surface area contributed by atoms with Crippen molar-refractivity contribution < 1.29 is 20.5 Å². The molecule has 0 amide bonds. The predicted octanol–water partition coefficient (Wildman–Crippen LogP) is 1.65. The summed E-state index contributed by atoms with van der Waals surface area (Å²) in [6.07, 6.45) is -0.202. The van der Waals surface area contributed by atoms with E-state index in [0.29, 0.717) is 0 Å². The second kappa shape index (κ2) is 6.32. The molecule has 0 radical (unpaired) electrons. The summed E-state index contributed by atoms with van der Waals surface area (Å²) in [6.45, 7) is 2.70. The van der Waals surface area contributed by atoms with Gasteiger partial charge in [-0.2, -0.15) is 21.0 Å². The van der Waals surface area contributed by atoms with Crippen molar-refractivity contribution in [3.05, 3.63) is 0 Å². The first-order valence-electron chi connectivity index (χ1n) is 4.23.